The Hall–Kier alpha value is -3.14. The predicted octanol–water partition coefficient (Wildman–Crippen LogP) is 4.04. The molecule has 1 amide bonds. The molecule has 1 aliphatic heterocycles. The van der Waals surface area contributed by atoms with E-state index in [4.69, 9.17) is 21.7 Å². The second-order valence-electron chi connectivity index (χ2n) is 7.03. The number of amides is 1. The molecule has 7 nitrogen and oxygen atoms in total. The SMILES string of the molecule is CN/C(=C1/CCN(C(=O)c2cccc(OC)c2Cl)C(C)C1=N)c1ccnc(C(F)(F)F)n1. The summed E-state index contributed by atoms with van der Waals surface area (Å²) in [5.41, 5.74) is 1.14. The summed E-state index contributed by atoms with van der Waals surface area (Å²) in [5, 5.41) is 11.6. The second-order valence-corrected chi connectivity index (χ2v) is 7.40. The molecule has 2 aromatic rings. The van der Waals surface area contributed by atoms with E-state index in [2.05, 4.69) is 15.3 Å². The van der Waals surface area contributed by atoms with E-state index in [1.165, 1.54) is 18.1 Å². The van der Waals surface area contributed by atoms with Crippen LogP contribution in [0.3, 0.4) is 0 Å². The molecule has 1 atom stereocenters. The summed E-state index contributed by atoms with van der Waals surface area (Å²) in [6.45, 7) is 1.93. The normalized spacial score (nSPS) is 18.4. The average Bonchev–Trinajstić information content (AvgIpc) is 2.76. The molecule has 170 valence electrons. The van der Waals surface area contributed by atoms with Crippen LogP contribution in [0.2, 0.25) is 5.02 Å². The number of piperidine rings is 1. The van der Waals surface area contributed by atoms with Gasteiger partial charge in [-0.2, -0.15) is 13.2 Å². The summed E-state index contributed by atoms with van der Waals surface area (Å²) in [7, 11) is 2.99. The highest BCUT2D eigenvalue weighted by molar-refractivity contribution is 6.35. The number of halogens is 4. The number of hydrogen-bond donors (Lipinski definition) is 2. The summed E-state index contributed by atoms with van der Waals surface area (Å²) in [6, 6.07) is 5.57. The molecule has 0 spiro atoms. The zero-order valence-electron chi connectivity index (χ0n) is 17.5. The Morgan fingerprint density at radius 1 is 1.34 bits per heavy atom. The number of methoxy groups -OCH3 is 1. The van der Waals surface area contributed by atoms with Crippen molar-refractivity contribution in [1.82, 2.24) is 20.2 Å². The lowest BCUT2D eigenvalue weighted by atomic mass is 9.91. The van der Waals surface area contributed by atoms with Crippen LogP contribution in [0.4, 0.5) is 13.2 Å². The molecule has 1 fully saturated rings. The fourth-order valence-electron chi connectivity index (χ4n) is 3.56. The van der Waals surface area contributed by atoms with Gasteiger partial charge in [-0.3, -0.25) is 4.79 Å². The van der Waals surface area contributed by atoms with Crippen LogP contribution in [-0.4, -0.2) is 53.2 Å². The van der Waals surface area contributed by atoms with Crippen molar-refractivity contribution in [3.05, 3.63) is 58.1 Å². The van der Waals surface area contributed by atoms with Gasteiger partial charge in [0, 0.05) is 25.4 Å². The van der Waals surface area contributed by atoms with Crippen molar-refractivity contribution >= 4 is 28.9 Å². The number of likely N-dealkylation sites (tertiary alicyclic amines) is 1. The van der Waals surface area contributed by atoms with Crippen LogP contribution < -0.4 is 10.1 Å². The zero-order chi connectivity index (χ0) is 23.6. The number of hydrogen-bond acceptors (Lipinski definition) is 6. The summed E-state index contributed by atoms with van der Waals surface area (Å²) in [5.74, 6) is -1.26. The molecule has 1 aliphatic rings. The molecule has 0 bridgehead atoms. The maximum atomic E-state index is 13.1. The highest BCUT2D eigenvalue weighted by Crippen LogP contribution is 2.32. The molecule has 2 heterocycles. The third-order valence-corrected chi connectivity index (χ3v) is 5.59. The minimum absolute atomic E-state index is 0.0254. The Morgan fingerprint density at radius 3 is 2.69 bits per heavy atom. The van der Waals surface area contributed by atoms with Crippen LogP contribution in [0.25, 0.3) is 5.70 Å². The van der Waals surface area contributed by atoms with Crippen LogP contribution in [-0.2, 0) is 6.18 Å². The highest BCUT2D eigenvalue weighted by atomic mass is 35.5. The Labute approximate surface area is 187 Å². The molecule has 1 aromatic heterocycles. The number of carbonyl (C=O) groups is 1. The van der Waals surface area contributed by atoms with Crippen molar-refractivity contribution in [2.45, 2.75) is 25.6 Å². The molecule has 0 saturated carbocycles. The van der Waals surface area contributed by atoms with Crippen LogP contribution in [0, 0.1) is 5.41 Å². The first-order chi connectivity index (χ1) is 15.1. The molecule has 1 aromatic carbocycles. The molecule has 1 unspecified atom stereocenters. The van der Waals surface area contributed by atoms with Crippen molar-refractivity contribution in [3.8, 4) is 5.75 Å². The van der Waals surface area contributed by atoms with E-state index in [0.29, 0.717) is 17.0 Å². The standard InChI is InChI=1S/C21H21ClF3N5O2/c1-11-17(26)13(18(27-2)14-7-9-28-20(29-14)21(23,24)25)8-10-30(11)19(31)12-5-4-6-15(32-3)16(12)22/h4-7,9,11,26-27H,8,10H2,1-3H3/b18-13-,26-17?. The van der Waals surface area contributed by atoms with Gasteiger partial charge < -0.3 is 20.4 Å². The van der Waals surface area contributed by atoms with Crippen LogP contribution in [0.1, 0.15) is 35.2 Å². The summed E-state index contributed by atoms with van der Waals surface area (Å²) < 4.78 is 44.3. The number of aromatic nitrogens is 2. The van der Waals surface area contributed by atoms with Gasteiger partial charge in [0.1, 0.15) is 5.75 Å². The van der Waals surface area contributed by atoms with Gasteiger partial charge in [0.25, 0.3) is 5.91 Å². The fourth-order valence-corrected chi connectivity index (χ4v) is 3.85. The molecular weight excluding hydrogens is 447 g/mol. The minimum Gasteiger partial charge on any atom is -0.495 e. The second kappa shape index (κ2) is 9.15. The lowest BCUT2D eigenvalue weighted by Crippen LogP contribution is -2.48. The number of nitrogens with one attached hydrogen (secondary N) is 2. The average molecular weight is 468 g/mol. The first kappa shape index (κ1) is 23.5. The quantitative estimate of drug-likeness (QED) is 0.708. The topological polar surface area (TPSA) is 91.2 Å². The van der Waals surface area contributed by atoms with Crippen LogP contribution >= 0.6 is 11.6 Å². The third-order valence-electron chi connectivity index (χ3n) is 5.20. The van der Waals surface area contributed by atoms with Gasteiger partial charge in [-0.05, 0) is 31.5 Å². The molecule has 32 heavy (non-hydrogen) atoms. The van der Waals surface area contributed by atoms with E-state index in [-0.39, 0.29) is 40.9 Å². The van der Waals surface area contributed by atoms with E-state index < -0.39 is 18.0 Å². The number of benzene rings is 1. The predicted molar refractivity (Wildman–Crippen MR) is 114 cm³/mol. The molecule has 0 radical (unpaired) electrons. The number of carbonyl (C=O) groups excluding carboxylic acids is 1. The minimum atomic E-state index is -4.69. The first-order valence-corrected chi connectivity index (χ1v) is 10.0. The van der Waals surface area contributed by atoms with Crippen molar-refractivity contribution in [3.63, 3.8) is 0 Å². The first-order valence-electron chi connectivity index (χ1n) is 9.64. The van der Waals surface area contributed by atoms with Gasteiger partial charge in [0.05, 0.1) is 40.8 Å². The molecule has 3 rings (SSSR count). The summed E-state index contributed by atoms with van der Waals surface area (Å²) in [4.78, 5) is 21.5. The van der Waals surface area contributed by atoms with Crippen molar-refractivity contribution < 1.29 is 22.7 Å². The van der Waals surface area contributed by atoms with E-state index >= 15 is 0 Å². The van der Waals surface area contributed by atoms with E-state index in [9.17, 15) is 18.0 Å². The maximum absolute atomic E-state index is 13.1. The van der Waals surface area contributed by atoms with Crippen molar-refractivity contribution in [2.75, 3.05) is 20.7 Å². The number of nitrogens with zero attached hydrogens (tertiary/aromatic N) is 3. The summed E-state index contributed by atoms with van der Waals surface area (Å²) in [6.07, 6.45) is -3.41. The zero-order valence-corrected chi connectivity index (χ0v) is 18.3. The lowest BCUT2D eigenvalue weighted by Gasteiger charge is -2.36. The Balaban J connectivity index is 1.94. The van der Waals surface area contributed by atoms with E-state index in [0.717, 1.165) is 6.20 Å². The van der Waals surface area contributed by atoms with Gasteiger partial charge in [-0.1, -0.05) is 17.7 Å². The molecule has 2 N–H and O–H groups in total. The molecule has 0 aliphatic carbocycles. The van der Waals surface area contributed by atoms with Crippen molar-refractivity contribution in [2.24, 2.45) is 0 Å². The van der Waals surface area contributed by atoms with Gasteiger partial charge in [0.15, 0.2) is 0 Å². The molecule has 11 heteroatoms. The number of rotatable bonds is 4. The van der Waals surface area contributed by atoms with Crippen molar-refractivity contribution in [1.29, 1.82) is 5.41 Å². The fraction of sp³-hybridized carbons (Fsp3) is 0.333. The maximum Gasteiger partial charge on any atom is 0.451 e. The monoisotopic (exact) mass is 467 g/mol. The highest BCUT2D eigenvalue weighted by Gasteiger charge is 2.36. The number of alkyl halides is 3. The Morgan fingerprint density at radius 2 is 2.06 bits per heavy atom. The van der Waals surface area contributed by atoms with Gasteiger partial charge in [-0.15, -0.1) is 0 Å². The molecular formula is C21H21ClF3N5O2. The largest absolute Gasteiger partial charge is 0.495 e. The number of ether oxygens (including phenoxy) is 1. The third kappa shape index (κ3) is 4.40. The van der Waals surface area contributed by atoms with Gasteiger partial charge in [0.2, 0.25) is 5.82 Å². The van der Waals surface area contributed by atoms with Crippen LogP contribution in [0.5, 0.6) is 5.75 Å². The Kier molecular flexibility index (Phi) is 6.73. The lowest BCUT2D eigenvalue weighted by molar-refractivity contribution is -0.145. The molecule has 1 saturated heterocycles. The summed E-state index contributed by atoms with van der Waals surface area (Å²) >= 11 is 6.29. The Bertz CT molecular complexity index is 1090. The smallest absolute Gasteiger partial charge is 0.451 e. The van der Waals surface area contributed by atoms with Gasteiger partial charge >= 0.3 is 6.18 Å². The van der Waals surface area contributed by atoms with E-state index in [1.54, 1.807) is 32.2 Å². The van der Waals surface area contributed by atoms with E-state index in [1.807, 2.05) is 0 Å². The van der Waals surface area contributed by atoms with Crippen LogP contribution in [0.15, 0.2) is 36.0 Å². The van der Waals surface area contributed by atoms with Gasteiger partial charge in [-0.25, -0.2) is 9.97 Å².